The Morgan fingerprint density at radius 2 is 2.04 bits per heavy atom. The smallest absolute Gasteiger partial charge is 0.135 e. The second kappa shape index (κ2) is 6.39. The molecule has 0 unspecified atom stereocenters. The fourth-order valence-electron chi connectivity index (χ4n) is 3.16. The highest BCUT2D eigenvalue weighted by atomic mass is 19.1. The number of hydrogen-bond donors (Lipinski definition) is 2. The first-order chi connectivity index (χ1) is 12.2. The highest BCUT2D eigenvalue weighted by Crippen LogP contribution is 2.32. The third kappa shape index (κ3) is 3.38. The van der Waals surface area contributed by atoms with Crippen LogP contribution in [0.1, 0.15) is 11.1 Å². The van der Waals surface area contributed by atoms with Gasteiger partial charge in [-0.15, -0.1) is 0 Å². The molecule has 1 aliphatic rings. The number of fused-ring (bicyclic) bond motifs is 1. The summed E-state index contributed by atoms with van der Waals surface area (Å²) in [6.45, 7) is 1.63. The minimum atomic E-state index is -0.194. The molecule has 126 valence electrons. The zero-order valence-corrected chi connectivity index (χ0v) is 13.6. The Morgan fingerprint density at radius 1 is 1.12 bits per heavy atom. The lowest BCUT2D eigenvalue weighted by atomic mass is 10.1. The van der Waals surface area contributed by atoms with Gasteiger partial charge in [0, 0.05) is 30.5 Å². The molecule has 25 heavy (non-hydrogen) atoms. The lowest BCUT2D eigenvalue weighted by Crippen LogP contribution is -2.19. The Labute approximate surface area is 145 Å². The number of nitrogens with one attached hydrogen (secondary N) is 1. The van der Waals surface area contributed by atoms with Gasteiger partial charge in [0.15, 0.2) is 0 Å². The Bertz CT molecular complexity index is 912. The standard InChI is InChI=1S/C19H18FN5/c20-15-3-1-2-13(8-15)11-25-7-6-14-9-16(4-5-17(14)25)24-19-10-18(21)22-12-23-19/h1-5,8-10,12H,6-7,11H2,(H3,21,22,23,24). The lowest BCUT2D eigenvalue weighted by Gasteiger charge is -2.20. The molecule has 0 aliphatic carbocycles. The molecule has 0 atom stereocenters. The average molecular weight is 335 g/mol. The van der Waals surface area contributed by atoms with E-state index in [-0.39, 0.29) is 5.82 Å². The SMILES string of the molecule is Nc1cc(Nc2ccc3c(c2)CCN3Cc2cccc(F)c2)ncn1. The first-order valence-electron chi connectivity index (χ1n) is 8.14. The Balaban J connectivity index is 1.52. The van der Waals surface area contributed by atoms with E-state index in [0.717, 1.165) is 24.2 Å². The van der Waals surface area contributed by atoms with Crippen molar-refractivity contribution in [3.8, 4) is 0 Å². The van der Waals surface area contributed by atoms with E-state index in [1.807, 2.05) is 12.1 Å². The van der Waals surface area contributed by atoms with Crippen LogP contribution in [-0.2, 0) is 13.0 Å². The average Bonchev–Trinajstić information content (AvgIpc) is 2.97. The van der Waals surface area contributed by atoms with Gasteiger partial charge in [-0.2, -0.15) is 0 Å². The molecule has 3 aromatic rings. The summed E-state index contributed by atoms with van der Waals surface area (Å²) in [6.07, 6.45) is 2.40. The van der Waals surface area contributed by atoms with Crippen LogP contribution in [0.5, 0.6) is 0 Å². The molecular formula is C19H18FN5. The van der Waals surface area contributed by atoms with Gasteiger partial charge in [0.05, 0.1) is 0 Å². The molecule has 1 aromatic heterocycles. The third-order valence-corrected chi connectivity index (χ3v) is 4.29. The van der Waals surface area contributed by atoms with Gasteiger partial charge < -0.3 is 16.0 Å². The van der Waals surface area contributed by atoms with E-state index in [2.05, 4.69) is 32.3 Å². The minimum absolute atomic E-state index is 0.194. The number of nitrogen functional groups attached to an aromatic ring is 1. The van der Waals surface area contributed by atoms with E-state index in [1.165, 1.54) is 23.6 Å². The molecule has 4 rings (SSSR count). The van der Waals surface area contributed by atoms with Gasteiger partial charge in [0.2, 0.25) is 0 Å². The highest BCUT2D eigenvalue weighted by Gasteiger charge is 2.19. The van der Waals surface area contributed by atoms with Crippen LogP contribution in [0.25, 0.3) is 0 Å². The van der Waals surface area contributed by atoms with Crippen molar-refractivity contribution in [3.63, 3.8) is 0 Å². The number of anilines is 4. The van der Waals surface area contributed by atoms with E-state index >= 15 is 0 Å². The van der Waals surface area contributed by atoms with Crippen molar-refractivity contribution in [2.24, 2.45) is 0 Å². The predicted octanol–water partition coefficient (Wildman–Crippen LogP) is 3.50. The summed E-state index contributed by atoms with van der Waals surface area (Å²) >= 11 is 0. The maximum Gasteiger partial charge on any atom is 0.135 e. The fraction of sp³-hybridized carbons (Fsp3) is 0.158. The monoisotopic (exact) mass is 335 g/mol. The molecule has 3 N–H and O–H groups in total. The molecule has 5 nitrogen and oxygen atoms in total. The number of rotatable bonds is 4. The van der Waals surface area contributed by atoms with Gasteiger partial charge >= 0.3 is 0 Å². The van der Waals surface area contributed by atoms with Crippen molar-refractivity contribution < 1.29 is 4.39 Å². The summed E-state index contributed by atoms with van der Waals surface area (Å²) in [7, 11) is 0. The zero-order chi connectivity index (χ0) is 17.2. The quantitative estimate of drug-likeness (QED) is 0.764. The van der Waals surface area contributed by atoms with Crippen LogP contribution in [0.15, 0.2) is 54.9 Å². The third-order valence-electron chi connectivity index (χ3n) is 4.29. The molecular weight excluding hydrogens is 317 g/mol. The Hall–Kier alpha value is -3.15. The van der Waals surface area contributed by atoms with Crippen molar-refractivity contribution in [3.05, 3.63) is 71.8 Å². The maximum absolute atomic E-state index is 13.4. The number of nitrogens with two attached hydrogens (primary N) is 1. The van der Waals surface area contributed by atoms with E-state index in [4.69, 9.17) is 5.73 Å². The van der Waals surface area contributed by atoms with Crippen LogP contribution in [-0.4, -0.2) is 16.5 Å². The number of benzene rings is 2. The molecule has 0 radical (unpaired) electrons. The Kier molecular flexibility index (Phi) is 3.93. The number of nitrogens with zero attached hydrogens (tertiary/aromatic N) is 3. The van der Waals surface area contributed by atoms with Crippen LogP contribution in [0, 0.1) is 5.82 Å². The van der Waals surface area contributed by atoms with Crippen LogP contribution in [0.4, 0.5) is 27.4 Å². The second-order valence-corrected chi connectivity index (χ2v) is 6.10. The molecule has 6 heteroatoms. The molecule has 0 fully saturated rings. The largest absolute Gasteiger partial charge is 0.384 e. The normalized spacial score (nSPS) is 12.9. The number of aromatic nitrogens is 2. The van der Waals surface area contributed by atoms with E-state index < -0.39 is 0 Å². The van der Waals surface area contributed by atoms with Crippen molar-refractivity contribution in [2.75, 3.05) is 22.5 Å². The van der Waals surface area contributed by atoms with Crippen molar-refractivity contribution >= 4 is 23.0 Å². The van der Waals surface area contributed by atoms with Crippen molar-refractivity contribution in [1.29, 1.82) is 0 Å². The summed E-state index contributed by atoms with van der Waals surface area (Å²) in [6, 6.07) is 14.7. The van der Waals surface area contributed by atoms with Crippen LogP contribution < -0.4 is 16.0 Å². The van der Waals surface area contributed by atoms with E-state index in [0.29, 0.717) is 18.2 Å². The molecule has 0 bridgehead atoms. The van der Waals surface area contributed by atoms with Gasteiger partial charge in [-0.05, 0) is 47.9 Å². The molecule has 0 amide bonds. The van der Waals surface area contributed by atoms with Gasteiger partial charge in [-0.25, -0.2) is 14.4 Å². The van der Waals surface area contributed by atoms with Gasteiger partial charge in [-0.1, -0.05) is 12.1 Å². The molecule has 2 heterocycles. The summed E-state index contributed by atoms with van der Waals surface area (Å²) in [5, 5.41) is 3.25. The topological polar surface area (TPSA) is 67.1 Å². The van der Waals surface area contributed by atoms with Gasteiger partial charge in [0.25, 0.3) is 0 Å². The molecule has 2 aromatic carbocycles. The second-order valence-electron chi connectivity index (χ2n) is 6.10. The van der Waals surface area contributed by atoms with Crippen LogP contribution in [0.2, 0.25) is 0 Å². The van der Waals surface area contributed by atoms with Gasteiger partial charge in [0.1, 0.15) is 23.8 Å². The highest BCUT2D eigenvalue weighted by molar-refractivity contribution is 5.67. The van der Waals surface area contributed by atoms with Crippen molar-refractivity contribution in [1.82, 2.24) is 9.97 Å². The molecule has 0 saturated carbocycles. The van der Waals surface area contributed by atoms with E-state index in [9.17, 15) is 4.39 Å². The molecule has 1 aliphatic heterocycles. The van der Waals surface area contributed by atoms with Crippen LogP contribution in [0.3, 0.4) is 0 Å². The molecule has 0 spiro atoms. The summed E-state index contributed by atoms with van der Waals surface area (Å²) in [5.74, 6) is 0.905. The lowest BCUT2D eigenvalue weighted by molar-refractivity contribution is 0.624. The number of hydrogen-bond acceptors (Lipinski definition) is 5. The summed E-state index contributed by atoms with van der Waals surface area (Å²) in [5.41, 5.74) is 10.1. The summed E-state index contributed by atoms with van der Waals surface area (Å²) in [4.78, 5) is 10.3. The first-order valence-corrected chi connectivity index (χ1v) is 8.14. The molecule has 0 saturated heterocycles. The van der Waals surface area contributed by atoms with Crippen LogP contribution >= 0.6 is 0 Å². The van der Waals surface area contributed by atoms with Gasteiger partial charge in [-0.3, -0.25) is 0 Å². The first kappa shape index (κ1) is 15.4. The fourth-order valence-corrected chi connectivity index (χ4v) is 3.16. The maximum atomic E-state index is 13.4. The Morgan fingerprint density at radius 3 is 2.88 bits per heavy atom. The van der Waals surface area contributed by atoms with E-state index in [1.54, 1.807) is 18.2 Å². The predicted molar refractivity (Wildman–Crippen MR) is 97.3 cm³/mol. The van der Waals surface area contributed by atoms with Crippen molar-refractivity contribution in [2.45, 2.75) is 13.0 Å². The number of halogens is 1. The summed E-state index contributed by atoms with van der Waals surface area (Å²) < 4.78 is 13.4. The zero-order valence-electron chi connectivity index (χ0n) is 13.6. The minimum Gasteiger partial charge on any atom is -0.384 e.